The van der Waals surface area contributed by atoms with Gasteiger partial charge in [-0.3, -0.25) is 4.99 Å². The zero-order valence-electron chi connectivity index (χ0n) is 21.3. The van der Waals surface area contributed by atoms with Crippen LogP contribution in [0.5, 0.6) is 11.5 Å². The number of ether oxygens (including phenoxy) is 2. The van der Waals surface area contributed by atoms with Crippen LogP contribution in [0.3, 0.4) is 0 Å². The minimum absolute atomic E-state index is 0. The lowest BCUT2D eigenvalue weighted by Gasteiger charge is -2.05. The number of halogens is 4. The van der Waals surface area contributed by atoms with Gasteiger partial charge in [-0.15, -0.1) is 0 Å². The van der Waals surface area contributed by atoms with E-state index in [1.807, 2.05) is 50.4 Å². The van der Waals surface area contributed by atoms with Gasteiger partial charge in [0.25, 0.3) is 0 Å². The van der Waals surface area contributed by atoms with Crippen LogP contribution in [-0.4, -0.2) is 19.0 Å². The SMILES string of the molecule is C.C.CC(C)Cc1ccc2c(c1)OCO2.CC(C)N=Cc1ccc(Cl)cc1.Cc1cccc(C(F)(F)F)c1. The Labute approximate surface area is 231 Å². The number of hydrogen-bond donors (Lipinski definition) is 0. The van der Waals surface area contributed by atoms with E-state index in [0.717, 1.165) is 40.6 Å². The van der Waals surface area contributed by atoms with E-state index in [1.54, 1.807) is 13.0 Å². The maximum Gasteiger partial charge on any atom is 0.416 e. The van der Waals surface area contributed by atoms with Crippen molar-refractivity contribution in [1.29, 1.82) is 0 Å². The van der Waals surface area contributed by atoms with Gasteiger partial charge in [0.1, 0.15) is 0 Å². The number of alkyl halides is 3. The van der Waals surface area contributed by atoms with E-state index in [9.17, 15) is 13.2 Å². The zero-order valence-corrected chi connectivity index (χ0v) is 22.0. The maximum atomic E-state index is 12.0. The van der Waals surface area contributed by atoms with Gasteiger partial charge in [-0.2, -0.15) is 13.2 Å². The fourth-order valence-corrected chi connectivity index (χ4v) is 3.27. The molecule has 0 radical (unpaired) electrons. The smallest absolute Gasteiger partial charge is 0.416 e. The summed E-state index contributed by atoms with van der Waals surface area (Å²) in [6, 6.07) is 19.4. The first-order valence-corrected chi connectivity index (χ1v) is 12.1. The lowest BCUT2D eigenvalue weighted by Crippen LogP contribution is -2.04. The molecule has 38 heavy (non-hydrogen) atoms. The average Bonchev–Trinajstić information content (AvgIpc) is 3.26. The van der Waals surface area contributed by atoms with Crippen LogP contribution in [0, 0.1) is 12.8 Å². The first-order valence-electron chi connectivity index (χ1n) is 11.7. The van der Waals surface area contributed by atoms with Gasteiger partial charge in [-0.25, -0.2) is 0 Å². The van der Waals surface area contributed by atoms with Gasteiger partial charge in [0.05, 0.1) is 5.56 Å². The second-order valence-electron chi connectivity index (χ2n) is 9.08. The molecule has 0 aromatic heterocycles. The van der Waals surface area contributed by atoms with Crippen LogP contribution < -0.4 is 9.47 Å². The lowest BCUT2D eigenvalue weighted by atomic mass is 10.0. The third-order valence-electron chi connectivity index (χ3n) is 4.82. The van der Waals surface area contributed by atoms with Gasteiger partial charge >= 0.3 is 6.18 Å². The fourth-order valence-electron chi connectivity index (χ4n) is 3.14. The van der Waals surface area contributed by atoms with E-state index < -0.39 is 11.7 Å². The Morgan fingerprint density at radius 1 is 0.895 bits per heavy atom. The summed E-state index contributed by atoms with van der Waals surface area (Å²) in [5.74, 6) is 2.44. The lowest BCUT2D eigenvalue weighted by molar-refractivity contribution is -0.137. The van der Waals surface area contributed by atoms with Crippen molar-refractivity contribution in [3.63, 3.8) is 0 Å². The summed E-state index contributed by atoms with van der Waals surface area (Å²) >= 11 is 5.73. The number of fused-ring (bicyclic) bond motifs is 1. The van der Waals surface area contributed by atoms with Crippen molar-refractivity contribution in [2.45, 2.75) is 68.1 Å². The highest BCUT2D eigenvalue weighted by atomic mass is 35.5. The van der Waals surface area contributed by atoms with Crippen LogP contribution in [0.2, 0.25) is 5.02 Å². The Morgan fingerprint density at radius 2 is 1.53 bits per heavy atom. The molecule has 3 aromatic carbocycles. The van der Waals surface area contributed by atoms with Crippen molar-refractivity contribution in [2.24, 2.45) is 10.9 Å². The molecule has 0 saturated heterocycles. The molecule has 0 saturated carbocycles. The predicted octanol–water partition coefficient (Wildman–Crippen LogP) is 10.1. The molecule has 4 rings (SSSR count). The van der Waals surface area contributed by atoms with Gasteiger partial charge in [0.15, 0.2) is 11.5 Å². The Balaban J connectivity index is 0.000000529. The molecular formula is C31H41ClF3NO2. The van der Waals surface area contributed by atoms with E-state index in [2.05, 4.69) is 31.0 Å². The second-order valence-corrected chi connectivity index (χ2v) is 9.51. The van der Waals surface area contributed by atoms with Gasteiger partial charge in [-0.05, 0) is 74.6 Å². The van der Waals surface area contributed by atoms with E-state index >= 15 is 0 Å². The van der Waals surface area contributed by atoms with E-state index in [-0.39, 0.29) is 14.9 Å². The van der Waals surface area contributed by atoms with Crippen molar-refractivity contribution in [1.82, 2.24) is 0 Å². The first-order chi connectivity index (χ1) is 16.9. The van der Waals surface area contributed by atoms with Gasteiger partial charge in [0.2, 0.25) is 6.79 Å². The fraction of sp³-hybridized carbons (Fsp3) is 0.387. The molecule has 1 aliphatic rings. The number of aliphatic imine (C=N–C) groups is 1. The Morgan fingerprint density at radius 3 is 2.05 bits per heavy atom. The van der Waals surface area contributed by atoms with Crippen molar-refractivity contribution >= 4 is 17.8 Å². The number of benzene rings is 3. The van der Waals surface area contributed by atoms with Crippen molar-refractivity contribution in [3.05, 3.63) is 94.0 Å². The summed E-state index contributed by atoms with van der Waals surface area (Å²) in [5.41, 5.74) is 2.45. The molecule has 0 unspecified atom stereocenters. The van der Waals surface area contributed by atoms with Crippen molar-refractivity contribution in [2.75, 3.05) is 6.79 Å². The Kier molecular flexibility index (Phi) is 15.4. The molecule has 0 spiro atoms. The third-order valence-corrected chi connectivity index (χ3v) is 5.07. The minimum Gasteiger partial charge on any atom is -0.454 e. The van der Waals surface area contributed by atoms with E-state index in [0.29, 0.717) is 24.3 Å². The molecule has 1 aliphatic heterocycles. The minimum atomic E-state index is -4.22. The summed E-state index contributed by atoms with van der Waals surface area (Å²) in [4.78, 5) is 4.26. The number of hydrogen-bond acceptors (Lipinski definition) is 3. The highest BCUT2D eigenvalue weighted by molar-refractivity contribution is 6.30. The first kappa shape index (κ1) is 35.0. The monoisotopic (exact) mass is 551 g/mol. The topological polar surface area (TPSA) is 30.8 Å². The average molecular weight is 552 g/mol. The van der Waals surface area contributed by atoms with Crippen LogP contribution in [0.4, 0.5) is 13.2 Å². The van der Waals surface area contributed by atoms with Crippen LogP contribution in [-0.2, 0) is 12.6 Å². The Bertz CT molecular complexity index is 1110. The maximum absolute atomic E-state index is 12.0. The van der Waals surface area contributed by atoms with Crippen LogP contribution >= 0.6 is 11.6 Å². The molecule has 3 nitrogen and oxygen atoms in total. The van der Waals surface area contributed by atoms with Crippen molar-refractivity contribution < 1.29 is 22.6 Å². The molecular weight excluding hydrogens is 511 g/mol. The number of rotatable bonds is 4. The van der Waals surface area contributed by atoms with Gasteiger partial charge < -0.3 is 9.47 Å². The molecule has 210 valence electrons. The van der Waals surface area contributed by atoms with Crippen LogP contribution in [0.15, 0.2) is 71.7 Å². The molecule has 0 fully saturated rings. The summed E-state index contributed by atoms with van der Waals surface area (Å²) < 4.78 is 46.4. The molecule has 7 heteroatoms. The standard InChI is InChI=1S/C11H14O2.C10H12ClN.C8H7F3.2CH4/c1-8(2)5-9-3-4-10-11(6-9)13-7-12-10;1-8(2)12-7-9-3-5-10(11)6-4-9;1-6-3-2-4-7(5-6)8(9,10)11;;/h3-4,6,8H,5,7H2,1-2H3;3-8H,1-2H3;2-5H,1H3;2*1H4. The Hall–Kier alpha value is -2.99. The molecule has 0 atom stereocenters. The van der Waals surface area contributed by atoms with Crippen LogP contribution in [0.25, 0.3) is 0 Å². The normalized spacial score (nSPS) is 11.7. The molecule has 0 aliphatic carbocycles. The molecule has 0 bridgehead atoms. The second kappa shape index (κ2) is 16.8. The molecule has 0 N–H and O–H groups in total. The molecule has 0 amide bonds. The summed E-state index contributed by atoms with van der Waals surface area (Å²) in [6.07, 6.45) is -1.26. The zero-order chi connectivity index (χ0) is 26.7. The van der Waals surface area contributed by atoms with Crippen molar-refractivity contribution in [3.8, 4) is 11.5 Å². The number of aryl methyl sites for hydroxylation is 1. The number of nitrogens with zero attached hydrogens (tertiary/aromatic N) is 1. The highest BCUT2D eigenvalue weighted by Gasteiger charge is 2.29. The quantitative estimate of drug-likeness (QED) is 0.302. The van der Waals surface area contributed by atoms with E-state index in [1.165, 1.54) is 11.6 Å². The molecule has 1 heterocycles. The highest BCUT2D eigenvalue weighted by Crippen LogP contribution is 2.33. The van der Waals surface area contributed by atoms with Gasteiger partial charge in [0, 0.05) is 17.3 Å². The summed E-state index contributed by atoms with van der Waals surface area (Å²) in [7, 11) is 0. The predicted molar refractivity (Wildman–Crippen MR) is 155 cm³/mol. The van der Waals surface area contributed by atoms with Gasteiger partial charge in [-0.1, -0.05) is 82.3 Å². The van der Waals surface area contributed by atoms with Crippen LogP contribution in [0.1, 0.15) is 64.8 Å². The molecule has 3 aromatic rings. The third kappa shape index (κ3) is 13.0. The summed E-state index contributed by atoms with van der Waals surface area (Å²) in [6.45, 7) is 10.5. The largest absolute Gasteiger partial charge is 0.454 e. The van der Waals surface area contributed by atoms with E-state index in [4.69, 9.17) is 21.1 Å². The summed E-state index contributed by atoms with van der Waals surface area (Å²) in [5, 5.41) is 0.761.